The summed E-state index contributed by atoms with van der Waals surface area (Å²) >= 11 is 0. The molecule has 0 saturated carbocycles. The third-order valence-corrected chi connectivity index (χ3v) is 5.71. The Bertz CT molecular complexity index is 825. The van der Waals surface area contributed by atoms with E-state index in [0.717, 1.165) is 6.42 Å². The van der Waals surface area contributed by atoms with Gasteiger partial charge in [0, 0.05) is 0 Å². The van der Waals surface area contributed by atoms with Crippen molar-refractivity contribution in [3.63, 3.8) is 0 Å². The molecule has 0 N–H and O–H groups in total. The first-order valence-corrected chi connectivity index (χ1v) is 9.34. The van der Waals surface area contributed by atoms with Crippen LogP contribution in [0.2, 0.25) is 0 Å². The molecule has 0 fully saturated rings. The average molecular weight is 458 g/mol. The van der Waals surface area contributed by atoms with Gasteiger partial charge in [0.05, 0.1) is 0 Å². The maximum Gasteiger partial charge on any atom is 4.00 e. The molecule has 0 aromatic heterocycles. The Balaban J connectivity index is 0.000000472. The van der Waals surface area contributed by atoms with Gasteiger partial charge in [-0.15, -0.1) is 5.56 Å². The molecule has 0 heterocycles. The summed E-state index contributed by atoms with van der Waals surface area (Å²) in [5.41, 5.74) is 13.1. The molecule has 0 radical (unpaired) electrons. The van der Waals surface area contributed by atoms with Crippen LogP contribution in [0.25, 0.3) is 11.1 Å². The molecule has 0 bridgehead atoms. The molecule has 1 aliphatic carbocycles. The van der Waals surface area contributed by atoms with Crippen molar-refractivity contribution in [1.29, 1.82) is 0 Å². The smallest absolute Gasteiger partial charge is 1.00 e. The Hall–Kier alpha value is -1.47. The van der Waals surface area contributed by atoms with Crippen molar-refractivity contribution in [2.24, 2.45) is 0 Å². The van der Waals surface area contributed by atoms with Crippen LogP contribution in [0.1, 0.15) is 52.3 Å². The van der Waals surface area contributed by atoms with Crippen molar-refractivity contribution < 1.29 is 35.6 Å². The van der Waals surface area contributed by atoms with Crippen LogP contribution in [0.5, 0.6) is 0 Å². The van der Waals surface area contributed by atoms with Crippen LogP contribution in [-0.4, -0.2) is 0 Å². The molecule has 3 aromatic carbocycles. The second kappa shape index (κ2) is 11.5. The molecule has 0 nitrogen and oxygen atoms in total. The number of benzene rings is 2. The monoisotopic (exact) mass is 456 g/mol. The van der Waals surface area contributed by atoms with Gasteiger partial charge in [0.1, 0.15) is 0 Å². The third-order valence-electron chi connectivity index (χ3n) is 5.71. The molecule has 146 valence electrons. The Morgan fingerprint density at radius 3 is 2.18 bits per heavy atom. The number of halogens is 2. The molecule has 0 saturated heterocycles. The predicted octanol–water partition coefficient (Wildman–Crippen LogP) is 0.655. The summed E-state index contributed by atoms with van der Waals surface area (Å²) in [4.78, 5) is 0. The van der Waals surface area contributed by atoms with Gasteiger partial charge >= 0.3 is 26.2 Å². The molecule has 1 aliphatic rings. The minimum absolute atomic E-state index is 0. The molecular formula is C25H28F2Zr. The van der Waals surface area contributed by atoms with Gasteiger partial charge < -0.3 is 9.41 Å². The van der Waals surface area contributed by atoms with Gasteiger partial charge in [-0.3, -0.25) is 0 Å². The minimum Gasteiger partial charge on any atom is -1.00 e. The fraction of sp³-hybridized carbons (Fsp3) is 0.320. The first-order chi connectivity index (χ1) is 12.0. The number of hydrogen-bond acceptors (Lipinski definition) is 0. The van der Waals surface area contributed by atoms with Gasteiger partial charge in [0.2, 0.25) is 0 Å². The molecule has 0 amide bonds. The van der Waals surface area contributed by atoms with E-state index < -0.39 is 0 Å². The van der Waals surface area contributed by atoms with Crippen molar-refractivity contribution >= 4 is 0 Å². The average Bonchev–Trinajstić information content (AvgIpc) is 3.10. The molecule has 4 rings (SSSR count). The maximum absolute atomic E-state index is 3.30. The topological polar surface area (TPSA) is 0 Å². The van der Waals surface area contributed by atoms with Crippen LogP contribution in [0, 0.1) is 33.8 Å². The van der Waals surface area contributed by atoms with Crippen LogP contribution >= 0.6 is 0 Å². The standard InChI is InChI=1S/C13H9.C12H19.2FH.Zr/c1-3-7-12-10(5-1)9-11-6-2-4-8-13(11)12;1-6-7-12-10(4)8(2)9(3)11(12)5;;;/h1-5,7-8H,9H2;6-7H2,1-5H3;2*1H;/q2*-1;;;+4/p-2. The van der Waals surface area contributed by atoms with E-state index >= 15 is 0 Å². The van der Waals surface area contributed by atoms with Gasteiger partial charge in [-0.25, -0.2) is 0 Å². The van der Waals surface area contributed by atoms with E-state index in [4.69, 9.17) is 0 Å². The van der Waals surface area contributed by atoms with Crippen molar-refractivity contribution in [3.05, 3.63) is 87.5 Å². The third kappa shape index (κ3) is 5.12. The van der Waals surface area contributed by atoms with Gasteiger partial charge in [-0.05, 0) is 6.42 Å². The van der Waals surface area contributed by atoms with Crippen LogP contribution in [0.15, 0.2) is 42.5 Å². The normalized spacial score (nSPS) is 10.3. The van der Waals surface area contributed by atoms with Crippen LogP contribution in [0.3, 0.4) is 0 Å². The first-order valence-electron chi connectivity index (χ1n) is 9.34. The number of rotatable bonds is 2. The molecule has 0 unspecified atom stereocenters. The predicted molar refractivity (Wildman–Crippen MR) is 108 cm³/mol. The molecular weight excluding hydrogens is 429 g/mol. The van der Waals surface area contributed by atoms with Crippen molar-refractivity contribution in [3.8, 4) is 11.1 Å². The molecule has 3 aromatic rings. The van der Waals surface area contributed by atoms with Crippen molar-refractivity contribution in [2.75, 3.05) is 0 Å². The summed E-state index contributed by atoms with van der Waals surface area (Å²) in [5, 5.41) is 0. The molecule has 3 heteroatoms. The summed E-state index contributed by atoms with van der Waals surface area (Å²) in [6.07, 6.45) is 3.54. The first kappa shape index (κ1) is 26.5. The quantitative estimate of drug-likeness (QED) is 0.388. The fourth-order valence-electron chi connectivity index (χ4n) is 3.92. The second-order valence-electron chi connectivity index (χ2n) is 7.12. The Morgan fingerprint density at radius 2 is 1.57 bits per heavy atom. The summed E-state index contributed by atoms with van der Waals surface area (Å²) in [5.74, 6) is 0. The van der Waals surface area contributed by atoms with E-state index in [1.807, 2.05) is 6.07 Å². The molecule has 0 atom stereocenters. The summed E-state index contributed by atoms with van der Waals surface area (Å²) in [7, 11) is 0. The Kier molecular flexibility index (Phi) is 10.9. The fourth-order valence-corrected chi connectivity index (χ4v) is 3.92. The largest absolute Gasteiger partial charge is 4.00 e. The SMILES string of the molecule is CCCc1c(C)c(C)c(C)[c-]1C.[F-].[F-].[Zr+4].[c-]1cccc2c1Cc1ccccc1-2. The zero-order valence-corrected chi connectivity index (χ0v) is 19.9. The molecule has 0 aliphatic heterocycles. The van der Waals surface area contributed by atoms with Gasteiger partial charge in [0.15, 0.2) is 0 Å². The Morgan fingerprint density at radius 1 is 0.929 bits per heavy atom. The van der Waals surface area contributed by atoms with Crippen molar-refractivity contribution in [2.45, 2.75) is 53.9 Å². The van der Waals surface area contributed by atoms with Gasteiger partial charge in [0.25, 0.3) is 0 Å². The minimum atomic E-state index is 0. The van der Waals surface area contributed by atoms with E-state index in [1.165, 1.54) is 57.3 Å². The zero-order chi connectivity index (χ0) is 18.0. The van der Waals surface area contributed by atoms with Crippen LogP contribution in [0.4, 0.5) is 0 Å². The van der Waals surface area contributed by atoms with E-state index in [0.29, 0.717) is 0 Å². The van der Waals surface area contributed by atoms with E-state index in [1.54, 1.807) is 5.56 Å². The van der Waals surface area contributed by atoms with E-state index in [2.05, 4.69) is 77.1 Å². The van der Waals surface area contributed by atoms with Crippen LogP contribution < -0.4 is 9.41 Å². The summed E-state index contributed by atoms with van der Waals surface area (Å²) in [6, 6.07) is 18.1. The molecule has 28 heavy (non-hydrogen) atoms. The van der Waals surface area contributed by atoms with Crippen molar-refractivity contribution in [1.82, 2.24) is 0 Å². The zero-order valence-electron chi connectivity index (χ0n) is 17.4. The molecule has 0 spiro atoms. The summed E-state index contributed by atoms with van der Waals surface area (Å²) < 4.78 is 0. The van der Waals surface area contributed by atoms with E-state index in [9.17, 15) is 0 Å². The number of fused-ring (bicyclic) bond motifs is 3. The number of hydrogen-bond donors (Lipinski definition) is 0. The van der Waals surface area contributed by atoms with Gasteiger partial charge in [-0.2, -0.15) is 57.6 Å². The van der Waals surface area contributed by atoms with Crippen LogP contribution in [-0.2, 0) is 39.0 Å². The Labute approximate surface area is 187 Å². The van der Waals surface area contributed by atoms with E-state index in [-0.39, 0.29) is 35.6 Å². The summed E-state index contributed by atoms with van der Waals surface area (Å²) in [6.45, 7) is 11.2. The maximum atomic E-state index is 3.30. The van der Waals surface area contributed by atoms with Gasteiger partial charge in [-0.1, -0.05) is 82.9 Å². The second-order valence-corrected chi connectivity index (χ2v) is 7.12.